The van der Waals surface area contributed by atoms with Crippen molar-refractivity contribution in [3.63, 3.8) is 0 Å². The van der Waals surface area contributed by atoms with Crippen LogP contribution < -0.4 is 5.32 Å². The summed E-state index contributed by atoms with van der Waals surface area (Å²) >= 11 is 0. The molecule has 1 aliphatic rings. The Kier molecular flexibility index (Phi) is 6.53. The van der Waals surface area contributed by atoms with Gasteiger partial charge in [-0.25, -0.2) is 8.42 Å². The Hall–Kier alpha value is -1.95. The molecule has 1 heterocycles. The van der Waals surface area contributed by atoms with E-state index < -0.39 is 10.0 Å². The number of nitrogens with zero attached hydrogens (tertiary/aromatic N) is 3. The van der Waals surface area contributed by atoms with Crippen LogP contribution in [0.5, 0.6) is 0 Å². The summed E-state index contributed by atoms with van der Waals surface area (Å²) in [4.78, 5) is 14.0. The highest BCUT2D eigenvalue weighted by Gasteiger charge is 2.29. The lowest BCUT2D eigenvalue weighted by molar-refractivity contribution is -0.123. The number of benzene rings is 1. The van der Waals surface area contributed by atoms with E-state index >= 15 is 0 Å². The van der Waals surface area contributed by atoms with E-state index in [2.05, 4.69) is 5.32 Å². The first-order chi connectivity index (χ1) is 11.9. The first-order valence-corrected chi connectivity index (χ1v) is 9.83. The van der Waals surface area contributed by atoms with Gasteiger partial charge in [-0.3, -0.25) is 9.69 Å². The largest absolute Gasteiger partial charge is 0.353 e. The highest BCUT2D eigenvalue weighted by Crippen LogP contribution is 2.18. The van der Waals surface area contributed by atoms with Crippen molar-refractivity contribution in [3.05, 3.63) is 29.8 Å². The van der Waals surface area contributed by atoms with Crippen LogP contribution in [0.2, 0.25) is 0 Å². The lowest BCUT2D eigenvalue weighted by Gasteiger charge is -2.33. The minimum absolute atomic E-state index is 0.0348. The molecule has 0 aromatic heterocycles. The van der Waals surface area contributed by atoms with Crippen molar-refractivity contribution >= 4 is 15.9 Å². The summed E-state index contributed by atoms with van der Waals surface area (Å²) in [5.41, 5.74) is 0.321. The number of rotatable bonds is 6. The van der Waals surface area contributed by atoms with Crippen molar-refractivity contribution in [2.75, 3.05) is 32.7 Å². The fraction of sp³-hybridized carbons (Fsp3) is 0.529. The van der Waals surface area contributed by atoms with E-state index in [0.717, 1.165) is 6.42 Å². The van der Waals surface area contributed by atoms with E-state index in [-0.39, 0.29) is 23.4 Å². The molecule has 2 rings (SSSR count). The third kappa shape index (κ3) is 5.01. The molecule has 0 bridgehead atoms. The molecule has 0 spiro atoms. The highest BCUT2D eigenvalue weighted by molar-refractivity contribution is 7.89. The number of hydrogen-bond donors (Lipinski definition) is 1. The normalized spacial score (nSPS) is 17.6. The molecular weight excluding hydrogens is 340 g/mol. The Morgan fingerprint density at radius 3 is 2.60 bits per heavy atom. The van der Waals surface area contributed by atoms with Crippen LogP contribution in [-0.2, 0) is 14.8 Å². The molecule has 1 aromatic rings. The van der Waals surface area contributed by atoms with E-state index in [1.807, 2.05) is 24.8 Å². The summed E-state index contributed by atoms with van der Waals surface area (Å²) in [6.07, 6.45) is 0.875. The summed E-state index contributed by atoms with van der Waals surface area (Å²) in [5, 5.41) is 11.8. The smallest absolute Gasteiger partial charge is 0.243 e. The third-order valence-corrected chi connectivity index (χ3v) is 6.21. The standard InChI is InChI=1S/C17H24N4O3S/c1-3-14(2)19-17(22)13-20-7-9-21(10-8-20)25(23,24)16-6-4-5-15(11-16)12-18/h4-6,11,14H,3,7-10,13H2,1-2H3,(H,19,22)/t14-/m0/s1. The van der Waals surface area contributed by atoms with Crippen molar-refractivity contribution in [3.8, 4) is 6.07 Å². The van der Waals surface area contributed by atoms with Gasteiger partial charge in [0, 0.05) is 32.2 Å². The van der Waals surface area contributed by atoms with Crippen LogP contribution in [0.15, 0.2) is 29.2 Å². The molecule has 1 atom stereocenters. The Balaban J connectivity index is 1.95. The van der Waals surface area contributed by atoms with Gasteiger partial charge in [0.05, 0.1) is 23.1 Å². The van der Waals surface area contributed by atoms with Gasteiger partial charge in [0.25, 0.3) is 0 Å². The third-order valence-electron chi connectivity index (χ3n) is 4.32. The fourth-order valence-electron chi connectivity index (χ4n) is 2.63. The zero-order valence-corrected chi connectivity index (χ0v) is 15.4. The van der Waals surface area contributed by atoms with Crippen molar-refractivity contribution < 1.29 is 13.2 Å². The maximum atomic E-state index is 12.7. The molecule has 8 heteroatoms. The van der Waals surface area contributed by atoms with Crippen molar-refractivity contribution in [1.29, 1.82) is 5.26 Å². The second-order valence-corrected chi connectivity index (χ2v) is 8.13. The van der Waals surface area contributed by atoms with Crippen LogP contribution in [0.1, 0.15) is 25.8 Å². The van der Waals surface area contributed by atoms with Crippen LogP contribution >= 0.6 is 0 Å². The first-order valence-electron chi connectivity index (χ1n) is 8.39. The van der Waals surface area contributed by atoms with Crippen LogP contribution in [-0.4, -0.2) is 62.3 Å². The summed E-state index contributed by atoms with van der Waals surface area (Å²) in [5.74, 6) is -0.0348. The maximum absolute atomic E-state index is 12.7. The summed E-state index contributed by atoms with van der Waals surface area (Å²) < 4.78 is 26.8. The number of sulfonamides is 1. The van der Waals surface area contributed by atoms with E-state index in [9.17, 15) is 13.2 Å². The number of nitriles is 1. The molecule has 0 saturated carbocycles. The SMILES string of the molecule is CC[C@H](C)NC(=O)CN1CCN(S(=O)(=O)c2cccc(C#N)c2)CC1. The Labute approximate surface area is 149 Å². The van der Waals surface area contributed by atoms with Crippen molar-refractivity contribution in [2.45, 2.75) is 31.2 Å². The fourth-order valence-corrected chi connectivity index (χ4v) is 4.10. The van der Waals surface area contributed by atoms with E-state index in [1.165, 1.54) is 16.4 Å². The lowest BCUT2D eigenvalue weighted by atomic mass is 10.2. The highest BCUT2D eigenvalue weighted by atomic mass is 32.2. The van der Waals surface area contributed by atoms with Crippen LogP contribution in [0.3, 0.4) is 0 Å². The minimum atomic E-state index is -3.61. The molecular formula is C17H24N4O3S. The number of amides is 1. The Morgan fingerprint density at radius 2 is 2.00 bits per heavy atom. The molecule has 7 nitrogen and oxygen atoms in total. The predicted octanol–water partition coefficient (Wildman–Crippen LogP) is 0.779. The molecule has 0 aliphatic carbocycles. The van der Waals surface area contributed by atoms with Crippen LogP contribution in [0.25, 0.3) is 0 Å². The number of carbonyl (C=O) groups excluding carboxylic acids is 1. The van der Waals surface area contributed by atoms with Gasteiger partial charge in [-0.2, -0.15) is 9.57 Å². The lowest BCUT2D eigenvalue weighted by Crippen LogP contribution is -2.51. The monoisotopic (exact) mass is 364 g/mol. The minimum Gasteiger partial charge on any atom is -0.353 e. The van der Waals surface area contributed by atoms with Crippen molar-refractivity contribution in [2.24, 2.45) is 0 Å². The molecule has 1 N–H and O–H groups in total. The molecule has 1 saturated heterocycles. The number of carbonyl (C=O) groups is 1. The van der Waals surface area contributed by atoms with Gasteiger partial charge in [0.15, 0.2) is 0 Å². The van der Waals surface area contributed by atoms with Gasteiger partial charge in [0.1, 0.15) is 0 Å². The van der Waals surface area contributed by atoms with E-state index in [4.69, 9.17) is 5.26 Å². The Morgan fingerprint density at radius 1 is 1.32 bits per heavy atom. The van der Waals surface area contributed by atoms with Gasteiger partial charge in [0.2, 0.25) is 15.9 Å². The second-order valence-electron chi connectivity index (χ2n) is 6.20. The average molecular weight is 364 g/mol. The molecule has 1 fully saturated rings. The average Bonchev–Trinajstić information content (AvgIpc) is 2.62. The topological polar surface area (TPSA) is 93.5 Å². The molecule has 0 unspecified atom stereocenters. The van der Waals surface area contributed by atoms with Gasteiger partial charge in [-0.05, 0) is 31.5 Å². The first kappa shape index (κ1) is 19.4. The van der Waals surface area contributed by atoms with E-state index in [0.29, 0.717) is 31.7 Å². The molecule has 136 valence electrons. The maximum Gasteiger partial charge on any atom is 0.243 e. The summed E-state index contributed by atoms with van der Waals surface area (Å²) in [6, 6.07) is 8.13. The predicted molar refractivity (Wildman–Crippen MR) is 94.3 cm³/mol. The number of hydrogen-bond acceptors (Lipinski definition) is 5. The van der Waals surface area contributed by atoms with Gasteiger partial charge >= 0.3 is 0 Å². The van der Waals surface area contributed by atoms with Crippen LogP contribution in [0.4, 0.5) is 0 Å². The molecule has 0 radical (unpaired) electrons. The quantitative estimate of drug-likeness (QED) is 0.805. The molecule has 1 aromatic carbocycles. The van der Waals surface area contributed by atoms with E-state index in [1.54, 1.807) is 12.1 Å². The summed E-state index contributed by atoms with van der Waals surface area (Å²) in [6.45, 7) is 5.91. The van der Waals surface area contributed by atoms with Crippen LogP contribution in [0, 0.1) is 11.3 Å². The van der Waals surface area contributed by atoms with Gasteiger partial charge in [-0.1, -0.05) is 13.0 Å². The zero-order chi connectivity index (χ0) is 18.4. The summed E-state index contributed by atoms with van der Waals surface area (Å²) in [7, 11) is -3.61. The van der Waals surface area contributed by atoms with Gasteiger partial charge in [-0.15, -0.1) is 0 Å². The number of nitrogens with one attached hydrogen (secondary N) is 1. The number of piperazine rings is 1. The van der Waals surface area contributed by atoms with Crippen molar-refractivity contribution in [1.82, 2.24) is 14.5 Å². The second kappa shape index (κ2) is 8.43. The molecule has 1 aliphatic heterocycles. The Bertz CT molecular complexity index is 749. The zero-order valence-electron chi connectivity index (χ0n) is 14.6. The van der Waals surface area contributed by atoms with Gasteiger partial charge < -0.3 is 5.32 Å². The molecule has 25 heavy (non-hydrogen) atoms. The molecule has 1 amide bonds.